The number of furan rings is 1. The maximum absolute atomic E-state index is 11.7. The zero-order valence-electron chi connectivity index (χ0n) is 16.9. The molecule has 0 aliphatic rings. The van der Waals surface area contributed by atoms with Crippen molar-refractivity contribution in [1.29, 1.82) is 0 Å². The number of nitrogens with zero attached hydrogens (tertiary/aromatic N) is 1. The molecule has 2 N–H and O–H groups in total. The molecule has 0 bridgehead atoms. The number of aliphatic imine (C=N–C) groups is 1. The van der Waals surface area contributed by atoms with E-state index in [1.54, 1.807) is 12.3 Å². The number of nitrogens with one attached hydrogen (secondary N) is 2. The summed E-state index contributed by atoms with van der Waals surface area (Å²) in [5.41, 5.74) is 1.71. The maximum atomic E-state index is 11.7. The van der Waals surface area contributed by atoms with E-state index in [1.807, 2.05) is 31.2 Å². The minimum absolute atomic E-state index is 0. The molecule has 1 aromatic heterocycles. The second-order valence-corrected chi connectivity index (χ2v) is 9.05. The van der Waals surface area contributed by atoms with E-state index in [2.05, 4.69) is 29.5 Å². The summed E-state index contributed by atoms with van der Waals surface area (Å²) in [4.78, 5) is 5.00. The van der Waals surface area contributed by atoms with Crippen LogP contribution in [0.4, 0.5) is 0 Å². The molecule has 8 heteroatoms. The molecule has 156 valence electrons. The number of rotatable bonds is 8. The fraction of sp³-hybridized carbons (Fsp3) is 0.450. The van der Waals surface area contributed by atoms with Crippen molar-refractivity contribution in [3.05, 3.63) is 53.5 Å². The van der Waals surface area contributed by atoms with Gasteiger partial charge in [-0.3, -0.25) is 0 Å². The standard InChI is InChI=1S/C20H29N3O3S.HI/c1-15(2)13-22-20(21-10-9-18-6-5-11-26-18)23-14-17-7-8-19(16(3)12-17)27(4,24)25;/h5-8,11-12,15H,9-10,13-14H2,1-4H3,(H2,21,22,23);1H. The quantitative estimate of drug-likeness (QED) is 0.317. The minimum Gasteiger partial charge on any atom is -0.469 e. The maximum Gasteiger partial charge on any atom is 0.191 e. The van der Waals surface area contributed by atoms with E-state index < -0.39 is 9.84 Å². The number of benzene rings is 1. The monoisotopic (exact) mass is 519 g/mol. The zero-order valence-corrected chi connectivity index (χ0v) is 20.0. The van der Waals surface area contributed by atoms with Crippen LogP contribution < -0.4 is 10.6 Å². The molecular weight excluding hydrogens is 489 g/mol. The van der Waals surface area contributed by atoms with Crippen LogP contribution in [0.1, 0.15) is 30.7 Å². The number of hydrogen-bond acceptors (Lipinski definition) is 4. The Labute approximate surface area is 185 Å². The van der Waals surface area contributed by atoms with Gasteiger partial charge < -0.3 is 15.1 Å². The third kappa shape index (κ3) is 8.22. The SMILES string of the molecule is Cc1cc(CN=C(NCCc2ccco2)NCC(C)C)ccc1S(C)(=O)=O.I. The summed E-state index contributed by atoms with van der Waals surface area (Å²) < 4.78 is 28.8. The first kappa shape index (κ1) is 24.5. The number of sulfone groups is 1. The van der Waals surface area contributed by atoms with Gasteiger partial charge in [0.15, 0.2) is 15.8 Å². The molecule has 0 saturated carbocycles. The highest BCUT2D eigenvalue weighted by molar-refractivity contribution is 14.0. The Morgan fingerprint density at radius 1 is 1.21 bits per heavy atom. The van der Waals surface area contributed by atoms with Crippen LogP contribution in [-0.4, -0.2) is 33.7 Å². The molecule has 0 aliphatic carbocycles. The van der Waals surface area contributed by atoms with Gasteiger partial charge in [-0.1, -0.05) is 26.0 Å². The summed E-state index contributed by atoms with van der Waals surface area (Å²) in [5.74, 6) is 2.16. The summed E-state index contributed by atoms with van der Waals surface area (Å²) in [6.07, 6.45) is 3.67. The Kier molecular flexibility index (Phi) is 10.0. The predicted molar refractivity (Wildman–Crippen MR) is 124 cm³/mol. The van der Waals surface area contributed by atoms with Crippen LogP contribution in [0.25, 0.3) is 0 Å². The topological polar surface area (TPSA) is 83.7 Å². The molecule has 0 radical (unpaired) electrons. The number of halogens is 1. The molecule has 28 heavy (non-hydrogen) atoms. The summed E-state index contributed by atoms with van der Waals surface area (Å²) in [5, 5.41) is 6.65. The van der Waals surface area contributed by atoms with Crippen molar-refractivity contribution in [2.45, 2.75) is 38.6 Å². The highest BCUT2D eigenvalue weighted by atomic mass is 127. The second kappa shape index (κ2) is 11.5. The summed E-state index contributed by atoms with van der Waals surface area (Å²) in [6.45, 7) is 8.09. The van der Waals surface area contributed by atoms with Crippen LogP contribution in [0.2, 0.25) is 0 Å². The zero-order chi connectivity index (χ0) is 19.9. The smallest absolute Gasteiger partial charge is 0.191 e. The van der Waals surface area contributed by atoms with Crippen molar-refractivity contribution < 1.29 is 12.8 Å². The van der Waals surface area contributed by atoms with Crippen molar-refractivity contribution in [2.75, 3.05) is 19.3 Å². The molecule has 1 heterocycles. The van der Waals surface area contributed by atoms with Gasteiger partial charge in [0.1, 0.15) is 5.76 Å². The molecule has 2 rings (SSSR count). The lowest BCUT2D eigenvalue weighted by Crippen LogP contribution is -2.40. The first-order valence-electron chi connectivity index (χ1n) is 9.10. The lowest BCUT2D eigenvalue weighted by Gasteiger charge is -2.14. The highest BCUT2D eigenvalue weighted by Gasteiger charge is 2.11. The normalized spacial score (nSPS) is 12.0. The molecule has 0 atom stereocenters. The van der Waals surface area contributed by atoms with E-state index in [4.69, 9.17) is 4.42 Å². The van der Waals surface area contributed by atoms with Crippen LogP contribution in [0, 0.1) is 12.8 Å². The van der Waals surface area contributed by atoms with Gasteiger partial charge in [0, 0.05) is 25.8 Å². The molecule has 0 aliphatic heterocycles. The predicted octanol–water partition coefficient (Wildman–Crippen LogP) is 3.54. The fourth-order valence-corrected chi connectivity index (χ4v) is 3.59. The Morgan fingerprint density at radius 2 is 1.96 bits per heavy atom. The van der Waals surface area contributed by atoms with Crippen molar-refractivity contribution in [2.24, 2.45) is 10.9 Å². The molecular formula is C20H30IN3O3S. The van der Waals surface area contributed by atoms with Gasteiger partial charge in [0.05, 0.1) is 17.7 Å². The van der Waals surface area contributed by atoms with Crippen molar-refractivity contribution in [1.82, 2.24) is 10.6 Å². The van der Waals surface area contributed by atoms with Gasteiger partial charge in [-0.05, 0) is 42.2 Å². The molecule has 0 fully saturated rings. The molecule has 6 nitrogen and oxygen atoms in total. The molecule has 0 amide bonds. The first-order valence-corrected chi connectivity index (χ1v) is 11.0. The number of aryl methyl sites for hydroxylation is 1. The fourth-order valence-electron chi connectivity index (χ4n) is 2.63. The molecule has 2 aromatic rings. The van der Waals surface area contributed by atoms with Crippen LogP contribution in [0.3, 0.4) is 0 Å². The minimum atomic E-state index is -3.20. The van der Waals surface area contributed by atoms with Gasteiger partial charge >= 0.3 is 0 Å². The van der Waals surface area contributed by atoms with E-state index in [-0.39, 0.29) is 24.0 Å². The average molecular weight is 519 g/mol. The van der Waals surface area contributed by atoms with E-state index in [1.165, 1.54) is 6.26 Å². The second-order valence-electron chi connectivity index (χ2n) is 7.07. The lowest BCUT2D eigenvalue weighted by atomic mass is 10.1. The van der Waals surface area contributed by atoms with E-state index in [9.17, 15) is 8.42 Å². The molecule has 1 aromatic carbocycles. The Morgan fingerprint density at radius 3 is 2.54 bits per heavy atom. The van der Waals surface area contributed by atoms with Gasteiger partial charge in [0.2, 0.25) is 0 Å². The molecule has 0 spiro atoms. The third-order valence-electron chi connectivity index (χ3n) is 3.98. The van der Waals surface area contributed by atoms with Gasteiger partial charge in [-0.15, -0.1) is 24.0 Å². The van der Waals surface area contributed by atoms with Crippen LogP contribution in [-0.2, 0) is 22.8 Å². The lowest BCUT2D eigenvalue weighted by molar-refractivity contribution is 0.506. The van der Waals surface area contributed by atoms with Crippen LogP contribution in [0.15, 0.2) is 50.9 Å². The largest absolute Gasteiger partial charge is 0.469 e. The summed E-state index contributed by atoms with van der Waals surface area (Å²) >= 11 is 0. The van der Waals surface area contributed by atoms with Gasteiger partial charge in [-0.2, -0.15) is 0 Å². The average Bonchev–Trinajstić information content (AvgIpc) is 3.09. The van der Waals surface area contributed by atoms with Crippen molar-refractivity contribution in [3.8, 4) is 0 Å². The Balaban J connectivity index is 0.00000392. The van der Waals surface area contributed by atoms with E-state index in [0.717, 1.165) is 35.8 Å². The third-order valence-corrected chi connectivity index (χ3v) is 5.24. The van der Waals surface area contributed by atoms with Crippen molar-refractivity contribution >= 4 is 39.8 Å². The summed E-state index contributed by atoms with van der Waals surface area (Å²) in [6, 6.07) is 9.18. The van der Waals surface area contributed by atoms with Gasteiger partial charge in [0.25, 0.3) is 0 Å². The number of guanidine groups is 1. The van der Waals surface area contributed by atoms with Crippen LogP contribution in [0.5, 0.6) is 0 Å². The van der Waals surface area contributed by atoms with E-state index in [0.29, 0.717) is 23.9 Å². The Hall–Kier alpha value is -1.55. The molecule has 0 unspecified atom stereocenters. The van der Waals surface area contributed by atoms with Gasteiger partial charge in [-0.25, -0.2) is 13.4 Å². The Bertz CT molecular complexity index is 863. The van der Waals surface area contributed by atoms with Crippen molar-refractivity contribution in [3.63, 3.8) is 0 Å². The first-order chi connectivity index (χ1) is 12.8. The highest BCUT2D eigenvalue weighted by Crippen LogP contribution is 2.17. The molecule has 0 saturated heterocycles. The summed E-state index contributed by atoms with van der Waals surface area (Å²) in [7, 11) is -3.20. The number of hydrogen-bond donors (Lipinski definition) is 2. The van der Waals surface area contributed by atoms with Crippen LogP contribution >= 0.6 is 24.0 Å². The van der Waals surface area contributed by atoms with E-state index >= 15 is 0 Å².